The molecule has 0 aromatic carbocycles. The molecule has 2 atom stereocenters. The molecular formula is C16H25N3O4. The Labute approximate surface area is 134 Å². The molecular weight excluding hydrogens is 298 g/mol. The van der Waals surface area contributed by atoms with Crippen molar-refractivity contribution in [3.63, 3.8) is 0 Å². The first-order valence-corrected chi connectivity index (χ1v) is 8.44. The number of nitrogens with one attached hydrogen (secondary N) is 1. The van der Waals surface area contributed by atoms with Crippen LogP contribution in [-0.4, -0.2) is 40.5 Å². The van der Waals surface area contributed by atoms with Crippen LogP contribution in [0.2, 0.25) is 0 Å². The largest absolute Gasteiger partial charge is 0.394 e. The quantitative estimate of drug-likeness (QED) is 0.862. The van der Waals surface area contributed by atoms with Crippen molar-refractivity contribution in [2.45, 2.75) is 63.3 Å². The van der Waals surface area contributed by atoms with E-state index in [0.29, 0.717) is 24.6 Å². The van der Waals surface area contributed by atoms with Crippen LogP contribution in [0.1, 0.15) is 51.2 Å². The van der Waals surface area contributed by atoms with Crippen molar-refractivity contribution < 1.29 is 9.84 Å². The van der Waals surface area contributed by atoms with E-state index in [1.807, 2.05) is 11.9 Å². The molecule has 1 aliphatic heterocycles. The van der Waals surface area contributed by atoms with Crippen molar-refractivity contribution in [3.05, 3.63) is 27.0 Å². The van der Waals surface area contributed by atoms with E-state index in [0.717, 1.165) is 12.8 Å². The van der Waals surface area contributed by atoms with Gasteiger partial charge in [0.15, 0.2) is 0 Å². The van der Waals surface area contributed by atoms with E-state index in [2.05, 4.69) is 4.98 Å². The van der Waals surface area contributed by atoms with Crippen LogP contribution in [-0.2, 0) is 4.74 Å². The second-order valence-electron chi connectivity index (χ2n) is 6.56. The molecule has 2 fully saturated rings. The van der Waals surface area contributed by atoms with Crippen LogP contribution in [0.3, 0.4) is 0 Å². The molecule has 1 saturated carbocycles. The fourth-order valence-electron chi connectivity index (χ4n) is 3.63. The fraction of sp³-hybridized carbons (Fsp3) is 0.750. The molecule has 3 rings (SSSR count). The zero-order valence-electron chi connectivity index (χ0n) is 13.5. The summed E-state index contributed by atoms with van der Waals surface area (Å²) >= 11 is 0. The third-order valence-electron chi connectivity index (χ3n) is 5.05. The molecule has 0 radical (unpaired) electrons. The standard InChI is InChI=1S/C16H25N3O4/c1-18(11-5-3-2-4-6-11)13-9-19(16(22)17-15(13)21)14-8-7-12(10-20)23-14/h9,11-12,14,20H,2-8,10H2,1H3,(H,17,21,22)/t12-,14?/m0/s1. The summed E-state index contributed by atoms with van der Waals surface area (Å²) in [6.45, 7) is -0.0521. The van der Waals surface area contributed by atoms with Gasteiger partial charge in [0, 0.05) is 19.3 Å². The monoisotopic (exact) mass is 323 g/mol. The lowest BCUT2D eigenvalue weighted by Gasteiger charge is -2.32. The molecule has 2 N–H and O–H groups in total. The van der Waals surface area contributed by atoms with Crippen LogP contribution in [0, 0.1) is 0 Å². The molecule has 1 unspecified atom stereocenters. The first-order chi connectivity index (χ1) is 11.1. The van der Waals surface area contributed by atoms with E-state index in [9.17, 15) is 14.7 Å². The van der Waals surface area contributed by atoms with E-state index in [1.54, 1.807) is 6.20 Å². The summed E-state index contributed by atoms with van der Waals surface area (Å²) in [7, 11) is 1.92. The van der Waals surface area contributed by atoms with Crippen molar-refractivity contribution in [2.24, 2.45) is 0 Å². The summed E-state index contributed by atoms with van der Waals surface area (Å²) in [6.07, 6.45) is 8.06. The molecule has 2 aliphatic rings. The third kappa shape index (κ3) is 3.35. The second-order valence-corrected chi connectivity index (χ2v) is 6.56. The average Bonchev–Trinajstić information content (AvgIpc) is 3.04. The van der Waals surface area contributed by atoms with E-state index in [-0.39, 0.29) is 18.3 Å². The van der Waals surface area contributed by atoms with Gasteiger partial charge in [-0.1, -0.05) is 19.3 Å². The minimum atomic E-state index is -0.459. The van der Waals surface area contributed by atoms with Crippen LogP contribution in [0.25, 0.3) is 0 Å². The minimum Gasteiger partial charge on any atom is -0.394 e. The molecule has 7 nitrogen and oxygen atoms in total. The van der Waals surface area contributed by atoms with Crippen molar-refractivity contribution in [1.29, 1.82) is 0 Å². The SMILES string of the molecule is CN(c1cn(C2CC[C@@H](CO)O2)c(=O)[nH]c1=O)C1CCCCC1. The molecule has 23 heavy (non-hydrogen) atoms. The zero-order chi connectivity index (χ0) is 16.4. The van der Waals surface area contributed by atoms with Crippen LogP contribution < -0.4 is 16.1 Å². The maximum Gasteiger partial charge on any atom is 0.330 e. The summed E-state index contributed by atoms with van der Waals surface area (Å²) < 4.78 is 7.12. The van der Waals surface area contributed by atoms with Gasteiger partial charge >= 0.3 is 5.69 Å². The molecule has 1 aromatic heterocycles. The maximum absolute atomic E-state index is 12.2. The number of aromatic amines is 1. The highest BCUT2D eigenvalue weighted by Gasteiger charge is 2.28. The molecule has 128 valence electrons. The normalized spacial score (nSPS) is 25.7. The zero-order valence-corrected chi connectivity index (χ0v) is 13.5. The number of anilines is 1. The number of aromatic nitrogens is 2. The number of hydrogen-bond acceptors (Lipinski definition) is 5. The molecule has 7 heteroatoms. The number of nitrogens with zero attached hydrogens (tertiary/aromatic N) is 2. The van der Waals surface area contributed by atoms with Crippen LogP contribution in [0.4, 0.5) is 5.69 Å². The topological polar surface area (TPSA) is 87.6 Å². The Hall–Kier alpha value is -1.60. The fourth-order valence-corrected chi connectivity index (χ4v) is 3.63. The molecule has 0 bridgehead atoms. The van der Waals surface area contributed by atoms with E-state index < -0.39 is 11.9 Å². The lowest BCUT2D eigenvalue weighted by atomic mass is 9.94. The predicted octanol–water partition coefficient (Wildman–Crippen LogP) is 0.975. The smallest absolute Gasteiger partial charge is 0.330 e. The molecule has 1 saturated heterocycles. The van der Waals surface area contributed by atoms with Gasteiger partial charge < -0.3 is 14.7 Å². The van der Waals surface area contributed by atoms with Gasteiger partial charge in [0.05, 0.1) is 12.7 Å². The molecule has 0 amide bonds. The Morgan fingerprint density at radius 2 is 2.00 bits per heavy atom. The van der Waals surface area contributed by atoms with E-state index in [1.165, 1.54) is 23.8 Å². The van der Waals surface area contributed by atoms with Crippen LogP contribution in [0.15, 0.2) is 15.8 Å². The number of ether oxygens (including phenoxy) is 1. The number of H-pyrrole nitrogens is 1. The van der Waals surface area contributed by atoms with Crippen molar-refractivity contribution >= 4 is 5.69 Å². The Morgan fingerprint density at radius 3 is 2.65 bits per heavy atom. The number of hydrogen-bond donors (Lipinski definition) is 2. The van der Waals surface area contributed by atoms with Gasteiger partial charge in [0.25, 0.3) is 5.56 Å². The molecule has 2 heterocycles. The average molecular weight is 323 g/mol. The Morgan fingerprint density at radius 1 is 1.26 bits per heavy atom. The Kier molecular flexibility index (Phi) is 4.87. The predicted molar refractivity (Wildman–Crippen MR) is 86.8 cm³/mol. The van der Waals surface area contributed by atoms with Crippen LogP contribution >= 0.6 is 0 Å². The Balaban J connectivity index is 1.87. The van der Waals surface area contributed by atoms with Crippen molar-refractivity contribution in [2.75, 3.05) is 18.6 Å². The molecule has 0 spiro atoms. The number of aliphatic hydroxyl groups excluding tert-OH is 1. The van der Waals surface area contributed by atoms with Gasteiger partial charge in [0.2, 0.25) is 0 Å². The summed E-state index contributed by atoms with van der Waals surface area (Å²) in [5.41, 5.74) is -0.303. The number of aliphatic hydroxyl groups is 1. The van der Waals surface area contributed by atoms with E-state index in [4.69, 9.17) is 4.74 Å². The van der Waals surface area contributed by atoms with Crippen LogP contribution in [0.5, 0.6) is 0 Å². The molecule has 1 aliphatic carbocycles. The Bertz CT molecular complexity index is 647. The summed E-state index contributed by atoms with van der Waals surface area (Å²) in [5, 5.41) is 9.18. The third-order valence-corrected chi connectivity index (χ3v) is 5.05. The summed E-state index contributed by atoms with van der Waals surface area (Å²) in [6, 6.07) is 0.338. The van der Waals surface area contributed by atoms with Gasteiger partial charge in [-0.3, -0.25) is 14.3 Å². The van der Waals surface area contributed by atoms with Gasteiger partial charge in [-0.05, 0) is 25.7 Å². The first kappa shape index (κ1) is 16.3. The number of rotatable bonds is 4. The minimum absolute atomic E-state index is 0.0521. The summed E-state index contributed by atoms with van der Waals surface area (Å²) in [5.74, 6) is 0. The molecule has 1 aromatic rings. The van der Waals surface area contributed by atoms with Gasteiger partial charge in [-0.2, -0.15) is 0 Å². The van der Waals surface area contributed by atoms with Crippen molar-refractivity contribution in [1.82, 2.24) is 9.55 Å². The van der Waals surface area contributed by atoms with Gasteiger partial charge in [0.1, 0.15) is 11.9 Å². The van der Waals surface area contributed by atoms with Gasteiger partial charge in [-0.25, -0.2) is 4.79 Å². The highest BCUT2D eigenvalue weighted by molar-refractivity contribution is 5.42. The second kappa shape index (κ2) is 6.88. The highest BCUT2D eigenvalue weighted by atomic mass is 16.5. The van der Waals surface area contributed by atoms with Gasteiger partial charge in [-0.15, -0.1) is 0 Å². The van der Waals surface area contributed by atoms with Crippen molar-refractivity contribution in [3.8, 4) is 0 Å². The first-order valence-electron chi connectivity index (χ1n) is 8.44. The maximum atomic E-state index is 12.2. The lowest BCUT2D eigenvalue weighted by molar-refractivity contribution is -0.0245. The lowest BCUT2D eigenvalue weighted by Crippen LogP contribution is -2.40. The van der Waals surface area contributed by atoms with E-state index >= 15 is 0 Å². The highest BCUT2D eigenvalue weighted by Crippen LogP contribution is 2.28. The summed E-state index contributed by atoms with van der Waals surface area (Å²) in [4.78, 5) is 28.7.